The summed E-state index contributed by atoms with van der Waals surface area (Å²) in [6.45, 7) is 4.29. The highest BCUT2D eigenvalue weighted by Gasteiger charge is 2.17. The van der Waals surface area contributed by atoms with E-state index in [1.807, 2.05) is 61.7 Å². The molecule has 0 spiro atoms. The Labute approximate surface area is 153 Å². The summed E-state index contributed by atoms with van der Waals surface area (Å²) in [6.07, 6.45) is 1.92. The molecule has 0 aromatic heterocycles. The van der Waals surface area contributed by atoms with Crippen LogP contribution in [0.5, 0.6) is 0 Å². The van der Waals surface area contributed by atoms with E-state index in [2.05, 4.69) is 12.1 Å². The van der Waals surface area contributed by atoms with E-state index < -0.39 is 5.38 Å². The van der Waals surface area contributed by atoms with E-state index in [1.54, 1.807) is 23.6 Å². The summed E-state index contributed by atoms with van der Waals surface area (Å²) in [6, 6.07) is 20.2. The van der Waals surface area contributed by atoms with E-state index in [0.29, 0.717) is 6.54 Å². The Kier molecular flexibility index (Phi) is 7.41. The minimum Gasteiger partial charge on any atom is -0.313 e. The van der Waals surface area contributed by atoms with Gasteiger partial charge < -0.3 is 4.90 Å². The molecule has 0 aliphatic carbocycles. The molecule has 0 N–H and O–H groups in total. The van der Waals surface area contributed by atoms with Crippen LogP contribution in [0.15, 0.2) is 77.3 Å². The van der Waals surface area contributed by atoms with Gasteiger partial charge in [0.15, 0.2) is 0 Å². The van der Waals surface area contributed by atoms with E-state index in [4.69, 9.17) is 11.6 Å². The predicted molar refractivity (Wildman–Crippen MR) is 103 cm³/mol. The number of hydrogen-bond donors (Lipinski definition) is 0. The standard InChI is InChI=1S/C20H22ClNOS/c1-16(15-24-19-11-7-4-8-12-19)13-22(20(23)17(2)21)14-18-9-5-3-6-10-18/h3-13,17H,14-15H2,1-2H3/b16-13+. The minimum atomic E-state index is -0.542. The predicted octanol–water partition coefficient (Wildman–Crippen LogP) is 5.34. The monoisotopic (exact) mass is 359 g/mol. The van der Waals surface area contributed by atoms with Crippen LogP contribution in [0.1, 0.15) is 19.4 Å². The molecule has 2 rings (SSSR count). The Morgan fingerprint density at radius 3 is 2.29 bits per heavy atom. The van der Waals surface area contributed by atoms with Crippen molar-refractivity contribution in [3.63, 3.8) is 0 Å². The van der Waals surface area contributed by atoms with Gasteiger partial charge in [-0.05, 0) is 37.1 Å². The lowest BCUT2D eigenvalue weighted by Gasteiger charge is -2.21. The Bertz CT molecular complexity index is 671. The summed E-state index contributed by atoms with van der Waals surface area (Å²) in [5, 5.41) is -0.542. The van der Waals surface area contributed by atoms with Gasteiger partial charge in [0.1, 0.15) is 5.38 Å². The van der Waals surface area contributed by atoms with Gasteiger partial charge >= 0.3 is 0 Å². The first-order valence-corrected chi connectivity index (χ1v) is 9.32. The van der Waals surface area contributed by atoms with Crippen LogP contribution < -0.4 is 0 Å². The molecule has 0 bridgehead atoms. The second-order valence-corrected chi connectivity index (χ2v) is 7.35. The van der Waals surface area contributed by atoms with Crippen molar-refractivity contribution >= 4 is 29.3 Å². The second kappa shape index (κ2) is 9.55. The maximum Gasteiger partial charge on any atom is 0.244 e. The number of nitrogens with zero attached hydrogens (tertiary/aromatic N) is 1. The van der Waals surface area contributed by atoms with Gasteiger partial charge in [0, 0.05) is 16.8 Å². The smallest absolute Gasteiger partial charge is 0.244 e. The van der Waals surface area contributed by atoms with Crippen molar-refractivity contribution in [3.8, 4) is 0 Å². The van der Waals surface area contributed by atoms with Crippen LogP contribution in [0.25, 0.3) is 0 Å². The first-order chi connectivity index (χ1) is 11.6. The average Bonchev–Trinajstić information content (AvgIpc) is 2.60. The first-order valence-electron chi connectivity index (χ1n) is 7.90. The van der Waals surface area contributed by atoms with E-state index in [-0.39, 0.29) is 5.91 Å². The van der Waals surface area contributed by atoms with Crippen molar-refractivity contribution in [2.24, 2.45) is 0 Å². The number of carbonyl (C=O) groups is 1. The third kappa shape index (κ3) is 6.06. The fourth-order valence-electron chi connectivity index (χ4n) is 2.21. The summed E-state index contributed by atoms with van der Waals surface area (Å²) in [5.41, 5.74) is 2.22. The van der Waals surface area contributed by atoms with E-state index in [9.17, 15) is 4.79 Å². The molecule has 4 heteroatoms. The number of carbonyl (C=O) groups excluding carboxylic acids is 1. The van der Waals surface area contributed by atoms with Gasteiger partial charge in [-0.2, -0.15) is 0 Å². The normalized spacial score (nSPS) is 12.7. The average molecular weight is 360 g/mol. The van der Waals surface area contributed by atoms with Crippen molar-refractivity contribution in [2.45, 2.75) is 30.7 Å². The highest BCUT2D eigenvalue weighted by molar-refractivity contribution is 7.99. The van der Waals surface area contributed by atoms with Crippen LogP contribution in [0.4, 0.5) is 0 Å². The molecule has 2 nitrogen and oxygen atoms in total. The second-order valence-electron chi connectivity index (χ2n) is 5.64. The number of rotatable bonds is 7. The maximum absolute atomic E-state index is 12.4. The van der Waals surface area contributed by atoms with Gasteiger partial charge in [0.05, 0.1) is 6.54 Å². The summed E-state index contributed by atoms with van der Waals surface area (Å²) in [7, 11) is 0. The third-order valence-electron chi connectivity index (χ3n) is 3.41. The zero-order valence-electron chi connectivity index (χ0n) is 14.0. The van der Waals surface area contributed by atoms with Gasteiger partial charge in [-0.3, -0.25) is 4.79 Å². The molecular formula is C20H22ClNOS. The fourth-order valence-corrected chi connectivity index (χ4v) is 3.16. The molecule has 24 heavy (non-hydrogen) atoms. The molecule has 0 fully saturated rings. The molecule has 0 radical (unpaired) electrons. The maximum atomic E-state index is 12.4. The van der Waals surface area contributed by atoms with Crippen molar-refractivity contribution < 1.29 is 4.79 Å². The molecule has 0 aliphatic rings. The van der Waals surface area contributed by atoms with Gasteiger partial charge in [-0.1, -0.05) is 48.5 Å². The largest absolute Gasteiger partial charge is 0.313 e. The van der Waals surface area contributed by atoms with Gasteiger partial charge in [-0.25, -0.2) is 0 Å². The SMILES string of the molecule is C/C(=C\N(Cc1ccccc1)C(=O)C(C)Cl)CSc1ccccc1. The molecule has 2 aromatic carbocycles. The molecular weight excluding hydrogens is 338 g/mol. The third-order valence-corrected chi connectivity index (χ3v) is 4.80. The number of benzene rings is 2. The molecule has 2 aromatic rings. The summed E-state index contributed by atoms with van der Waals surface area (Å²) >= 11 is 7.78. The van der Waals surface area contributed by atoms with E-state index in [1.165, 1.54) is 4.90 Å². The molecule has 126 valence electrons. The number of thioether (sulfide) groups is 1. The van der Waals surface area contributed by atoms with Crippen LogP contribution in [0.2, 0.25) is 0 Å². The van der Waals surface area contributed by atoms with Crippen LogP contribution >= 0.6 is 23.4 Å². The Hall–Kier alpha value is -1.71. The first kappa shape index (κ1) is 18.6. The van der Waals surface area contributed by atoms with Gasteiger partial charge in [0.25, 0.3) is 0 Å². The van der Waals surface area contributed by atoms with Crippen LogP contribution in [-0.4, -0.2) is 21.9 Å². The number of alkyl halides is 1. The molecule has 1 atom stereocenters. The Morgan fingerprint density at radius 2 is 1.71 bits per heavy atom. The van der Waals surface area contributed by atoms with E-state index >= 15 is 0 Å². The van der Waals surface area contributed by atoms with E-state index in [0.717, 1.165) is 16.9 Å². The fraction of sp³-hybridized carbons (Fsp3) is 0.250. The van der Waals surface area contributed by atoms with Gasteiger partial charge in [-0.15, -0.1) is 23.4 Å². The van der Waals surface area contributed by atoms with Crippen LogP contribution in [0, 0.1) is 0 Å². The Balaban J connectivity index is 2.06. The zero-order chi connectivity index (χ0) is 17.4. The van der Waals surface area contributed by atoms with Crippen molar-refractivity contribution in [1.82, 2.24) is 4.90 Å². The quantitative estimate of drug-likeness (QED) is 0.491. The lowest BCUT2D eigenvalue weighted by atomic mass is 10.2. The topological polar surface area (TPSA) is 20.3 Å². The number of halogens is 1. The van der Waals surface area contributed by atoms with Crippen LogP contribution in [0.3, 0.4) is 0 Å². The highest BCUT2D eigenvalue weighted by atomic mass is 35.5. The van der Waals surface area contributed by atoms with Crippen molar-refractivity contribution in [3.05, 3.63) is 78.0 Å². The molecule has 0 heterocycles. The number of hydrogen-bond acceptors (Lipinski definition) is 2. The molecule has 0 aliphatic heterocycles. The molecule has 0 saturated heterocycles. The lowest BCUT2D eigenvalue weighted by Crippen LogP contribution is -2.31. The lowest BCUT2D eigenvalue weighted by molar-refractivity contribution is -0.128. The molecule has 1 amide bonds. The molecule has 1 unspecified atom stereocenters. The Morgan fingerprint density at radius 1 is 1.12 bits per heavy atom. The van der Waals surface area contributed by atoms with Gasteiger partial charge in [0.2, 0.25) is 5.91 Å². The minimum absolute atomic E-state index is 0.0791. The summed E-state index contributed by atoms with van der Waals surface area (Å²) in [5.74, 6) is 0.753. The summed E-state index contributed by atoms with van der Waals surface area (Å²) < 4.78 is 0. The summed E-state index contributed by atoms with van der Waals surface area (Å²) in [4.78, 5) is 15.3. The number of amides is 1. The highest BCUT2D eigenvalue weighted by Crippen LogP contribution is 2.20. The van der Waals surface area contributed by atoms with Crippen molar-refractivity contribution in [1.29, 1.82) is 0 Å². The van der Waals surface area contributed by atoms with Crippen molar-refractivity contribution in [2.75, 3.05) is 5.75 Å². The zero-order valence-corrected chi connectivity index (χ0v) is 15.6. The van der Waals surface area contributed by atoms with Crippen LogP contribution in [-0.2, 0) is 11.3 Å². The molecule has 0 saturated carbocycles.